The molecule has 0 amide bonds. The molecule has 1 aromatic carbocycles. The van der Waals surface area contributed by atoms with E-state index in [4.69, 9.17) is 9.72 Å². The minimum Gasteiger partial charge on any atom is -0.389 e. The van der Waals surface area contributed by atoms with E-state index in [1.807, 2.05) is 12.1 Å². The van der Waals surface area contributed by atoms with E-state index in [0.29, 0.717) is 25.2 Å². The van der Waals surface area contributed by atoms with Gasteiger partial charge in [0.15, 0.2) is 0 Å². The third-order valence-corrected chi connectivity index (χ3v) is 4.85. The average Bonchev–Trinajstić information content (AvgIpc) is 3.12. The minimum absolute atomic E-state index is 0.358. The predicted molar refractivity (Wildman–Crippen MR) is 85.9 cm³/mol. The molecule has 2 saturated carbocycles. The molecule has 2 aliphatic carbocycles. The lowest BCUT2D eigenvalue weighted by Crippen LogP contribution is -2.25. The topological polar surface area (TPSA) is 47.3 Å². The summed E-state index contributed by atoms with van der Waals surface area (Å²) in [5.41, 5.74) is 2.16. The van der Waals surface area contributed by atoms with Crippen LogP contribution < -0.4 is 0 Å². The number of aromatic nitrogens is 2. The Hall–Kier alpha value is -1.39. The van der Waals surface area contributed by atoms with E-state index < -0.39 is 6.10 Å². The Morgan fingerprint density at radius 3 is 2.73 bits per heavy atom. The molecule has 1 N–H and O–H groups in total. The first-order valence-corrected chi connectivity index (χ1v) is 8.56. The average molecular weight is 300 g/mol. The van der Waals surface area contributed by atoms with E-state index in [0.717, 1.165) is 29.7 Å². The maximum absolute atomic E-state index is 10.4. The summed E-state index contributed by atoms with van der Waals surface area (Å²) in [6, 6.07) is 8.21. The highest BCUT2D eigenvalue weighted by Crippen LogP contribution is 2.40. The molecule has 1 atom stereocenters. The first kappa shape index (κ1) is 14.2. The van der Waals surface area contributed by atoms with Crippen LogP contribution in [-0.4, -0.2) is 33.5 Å². The van der Waals surface area contributed by atoms with Crippen molar-refractivity contribution >= 4 is 11.0 Å². The molecular formula is C18H24N2O2. The zero-order valence-electron chi connectivity index (χ0n) is 12.9. The molecule has 1 unspecified atom stereocenters. The van der Waals surface area contributed by atoms with Gasteiger partial charge in [0.25, 0.3) is 0 Å². The molecular weight excluding hydrogens is 276 g/mol. The highest BCUT2D eigenvalue weighted by Gasteiger charge is 2.30. The number of para-hydroxylation sites is 2. The van der Waals surface area contributed by atoms with E-state index in [2.05, 4.69) is 16.7 Å². The van der Waals surface area contributed by atoms with Crippen molar-refractivity contribution in [2.75, 3.05) is 6.61 Å². The number of fused-ring (bicyclic) bond motifs is 1. The fourth-order valence-electron chi connectivity index (χ4n) is 3.50. The van der Waals surface area contributed by atoms with Crippen LogP contribution in [0.3, 0.4) is 0 Å². The van der Waals surface area contributed by atoms with Crippen molar-refractivity contribution in [3.63, 3.8) is 0 Å². The maximum atomic E-state index is 10.4. The Morgan fingerprint density at radius 1 is 1.18 bits per heavy atom. The van der Waals surface area contributed by atoms with Crippen molar-refractivity contribution in [2.24, 2.45) is 0 Å². The summed E-state index contributed by atoms with van der Waals surface area (Å²) in [7, 11) is 0. The van der Waals surface area contributed by atoms with Gasteiger partial charge in [-0.2, -0.15) is 0 Å². The predicted octanol–water partition coefficient (Wildman–Crippen LogP) is 3.23. The van der Waals surface area contributed by atoms with Crippen molar-refractivity contribution in [1.82, 2.24) is 9.55 Å². The monoisotopic (exact) mass is 300 g/mol. The Bertz CT molecular complexity index is 642. The third kappa shape index (κ3) is 2.90. The number of benzene rings is 1. The number of ether oxygens (including phenoxy) is 1. The van der Waals surface area contributed by atoms with Gasteiger partial charge in [-0.15, -0.1) is 0 Å². The Kier molecular flexibility index (Phi) is 3.89. The summed E-state index contributed by atoms with van der Waals surface area (Å²) in [6.07, 6.45) is 7.16. The molecule has 118 valence electrons. The van der Waals surface area contributed by atoms with Crippen molar-refractivity contribution in [3.8, 4) is 0 Å². The van der Waals surface area contributed by atoms with Crippen LogP contribution in [0, 0.1) is 0 Å². The van der Waals surface area contributed by atoms with Gasteiger partial charge in [-0.1, -0.05) is 25.0 Å². The molecule has 1 aromatic heterocycles. The molecule has 2 fully saturated rings. The van der Waals surface area contributed by atoms with Gasteiger partial charge in [-0.3, -0.25) is 0 Å². The van der Waals surface area contributed by atoms with Crippen LogP contribution in [0.4, 0.5) is 0 Å². The van der Waals surface area contributed by atoms with E-state index in [-0.39, 0.29) is 0 Å². The zero-order chi connectivity index (χ0) is 14.9. The van der Waals surface area contributed by atoms with Gasteiger partial charge in [-0.05, 0) is 37.8 Å². The fraction of sp³-hybridized carbons (Fsp3) is 0.611. The van der Waals surface area contributed by atoms with Crippen LogP contribution in [-0.2, 0) is 11.3 Å². The second-order valence-electron chi connectivity index (χ2n) is 6.74. The number of nitrogens with zero attached hydrogens (tertiary/aromatic N) is 2. The Morgan fingerprint density at radius 2 is 1.95 bits per heavy atom. The molecule has 0 spiro atoms. The van der Waals surface area contributed by atoms with Crippen LogP contribution in [0.1, 0.15) is 50.3 Å². The Balaban J connectivity index is 1.48. The standard InChI is InChI=1S/C18H24N2O2/c21-14(12-22-15-5-1-2-6-15)11-20-17-8-4-3-7-16(17)19-18(20)13-9-10-13/h3-4,7-8,13-15,21H,1-2,5-6,9-12H2. The SMILES string of the molecule is OC(COC1CCCC1)Cn1c(C2CC2)nc2ccccc21. The van der Waals surface area contributed by atoms with Gasteiger partial charge in [0.1, 0.15) is 5.82 Å². The lowest BCUT2D eigenvalue weighted by Gasteiger charge is -2.17. The molecule has 2 aliphatic rings. The molecule has 4 heteroatoms. The van der Waals surface area contributed by atoms with Crippen LogP contribution in [0.15, 0.2) is 24.3 Å². The molecule has 4 rings (SSSR count). The minimum atomic E-state index is -0.462. The summed E-state index contributed by atoms with van der Waals surface area (Å²) in [6.45, 7) is 1.01. The lowest BCUT2D eigenvalue weighted by atomic mass is 10.3. The Labute approximate surface area is 131 Å². The molecule has 4 nitrogen and oxygen atoms in total. The molecule has 22 heavy (non-hydrogen) atoms. The smallest absolute Gasteiger partial charge is 0.113 e. The second kappa shape index (κ2) is 6.01. The molecule has 0 aliphatic heterocycles. The third-order valence-electron chi connectivity index (χ3n) is 4.85. The quantitative estimate of drug-likeness (QED) is 0.891. The van der Waals surface area contributed by atoms with Gasteiger partial charge in [0, 0.05) is 5.92 Å². The number of rotatable bonds is 6. The van der Waals surface area contributed by atoms with Gasteiger partial charge >= 0.3 is 0 Å². The normalized spacial score (nSPS) is 20.8. The van der Waals surface area contributed by atoms with Gasteiger partial charge in [0.05, 0.1) is 36.4 Å². The second-order valence-corrected chi connectivity index (χ2v) is 6.74. The summed E-state index contributed by atoms with van der Waals surface area (Å²) < 4.78 is 8.06. The van der Waals surface area contributed by atoms with Gasteiger partial charge < -0.3 is 14.4 Å². The largest absolute Gasteiger partial charge is 0.389 e. The summed E-state index contributed by atoms with van der Waals surface area (Å²) in [4.78, 5) is 4.78. The number of imidazole rings is 1. The molecule has 0 saturated heterocycles. The highest BCUT2D eigenvalue weighted by atomic mass is 16.5. The van der Waals surface area contributed by atoms with Crippen LogP contribution in [0.5, 0.6) is 0 Å². The van der Waals surface area contributed by atoms with E-state index in [1.54, 1.807) is 0 Å². The first-order valence-electron chi connectivity index (χ1n) is 8.56. The number of hydrogen-bond donors (Lipinski definition) is 1. The van der Waals surface area contributed by atoms with Gasteiger partial charge in [0.2, 0.25) is 0 Å². The van der Waals surface area contributed by atoms with Crippen molar-refractivity contribution < 1.29 is 9.84 Å². The van der Waals surface area contributed by atoms with Crippen molar-refractivity contribution in [2.45, 2.75) is 63.2 Å². The fourth-order valence-corrected chi connectivity index (χ4v) is 3.50. The zero-order valence-corrected chi connectivity index (χ0v) is 12.9. The number of aliphatic hydroxyl groups is 1. The van der Waals surface area contributed by atoms with E-state index >= 15 is 0 Å². The van der Waals surface area contributed by atoms with Gasteiger partial charge in [-0.25, -0.2) is 4.98 Å². The van der Waals surface area contributed by atoms with E-state index in [9.17, 15) is 5.11 Å². The lowest BCUT2D eigenvalue weighted by molar-refractivity contribution is -0.0117. The summed E-state index contributed by atoms with van der Waals surface area (Å²) in [5, 5.41) is 10.4. The number of aliphatic hydroxyl groups excluding tert-OH is 1. The molecule has 0 bridgehead atoms. The molecule has 2 aromatic rings. The summed E-state index contributed by atoms with van der Waals surface area (Å²) in [5.74, 6) is 1.72. The van der Waals surface area contributed by atoms with Crippen LogP contribution in [0.2, 0.25) is 0 Å². The first-order chi connectivity index (χ1) is 10.8. The molecule has 1 heterocycles. The van der Waals surface area contributed by atoms with E-state index in [1.165, 1.54) is 25.7 Å². The number of hydrogen-bond acceptors (Lipinski definition) is 3. The van der Waals surface area contributed by atoms with Crippen LogP contribution >= 0.6 is 0 Å². The highest BCUT2D eigenvalue weighted by molar-refractivity contribution is 5.76. The maximum Gasteiger partial charge on any atom is 0.113 e. The van der Waals surface area contributed by atoms with Crippen molar-refractivity contribution in [3.05, 3.63) is 30.1 Å². The molecule has 0 radical (unpaired) electrons. The summed E-state index contributed by atoms with van der Waals surface area (Å²) >= 11 is 0. The van der Waals surface area contributed by atoms with Crippen LogP contribution in [0.25, 0.3) is 11.0 Å². The van der Waals surface area contributed by atoms with Crippen molar-refractivity contribution in [1.29, 1.82) is 0 Å².